The molecule has 0 radical (unpaired) electrons. The van der Waals surface area contributed by atoms with Gasteiger partial charge < -0.3 is 5.32 Å². The average Bonchev–Trinajstić information content (AvgIpc) is 2.46. The number of anilines is 1. The third-order valence-electron chi connectivity index (χ3n) is 2.62. The standard InChI is InChI=1S/C16H13FN2/c17-16-9-8-15(11-14(16)12-18)19-10-4-7-13-5-2-1-3-6-13/h1-9,11,19H,10H2/b7-4+. The van der Waals surface area contributed by atoms with Gasteiger partial charge in [0.05, 0.1) is 5.56 Å². The molecule has 0 aliphatic heterocycles. The van der Waals surface area contributed by atoms with E-state index in [4.69, 9.17) is 5.26 Å². The van der Waals surface area contributed by atoms with E-state index in [1.165, 1.54) is 12.1 Å². The van der Waals surface area contributed by atoms with Gasteiger partial charge in [-0.15, -0.1) is 0 Å². The minimum absolute atomic E-state index is 0.0528. The van der Waals surface area contributed by atoms with Crippen LogP contribution in [-0.4, -0.2) is 6.54 Å². The van der Waals surface area contributed by atoms with E-state index in [2.05, 4.69) is 5.32 Å². The van der Waals surface area contributed by atoms with Crippen LogP contribution in [0.1, 0.15) is 11.1 Å². The molecule has 0 saturated heterocycles. The predicted molar refractivity (Wildman–Crippen MR) is 75.1 cm³/mol. The van der Waals surface area contributed by atoms with Crippen molar-refractivity contribution >= 4 is 11.8 Å². The van der Waals surface area contributed by atoms with Crippen molar-refractivity contribution in [2.45, 2.75) is 0 Å². The second kappa shape index (κ2) is 6.36. The summed E-state index contributed by atoms with van der Waals surface area (Å²) in [5.41, 5.74) is 1.91. The zero-order chi connectivity index (χ0) is 13.5. The fraction of sp³-hybridized carbons (Fsp3) is 0.0625. The van der Waals surface area contributed by atoms with Crippen LogP contribution >= 0.6 is 0 Å². The second-order valence-corrected chi connectivity index (χ2v) is 4.00. The fourth-order valence-electron chi connectivity index (χ4n) is 1.66. The van der Waals surface area contributed by atoms with Crippen LogP contribution in [0.4, 0.5) is 10.1 Å². The van der Waals surface area contributed by atoms with Gasteiger partial charge in [-0.3, -0.25) is 0 Å². The summed E-state index contributed by atoms with van der Waals surface area (Å²) in [6, 6.07) is 16.2. The van der Waals surface area contributed by atoms with Gasteiger partial charge in [-0.2, -0.15) is 5.26 Å². The van der Waals surface area contributed by atoms with Crippen LogP contribution in [0.3, 0.4) is 0 Å². The Morgan fingerprint density at radius 1 is 1.16 bits per heavy atom. The summed E-state index contributed by atoms with van der Waals surface area (Å²) in [4.78, 5) is 0. The molecule has 19 heavy (non-hydrogen) atoms. The van der Waals surface area contributed by atoms with Crippen molar-refractivity contribution in [1.29, 1.82) is 5.26 Å². The molecule has 0 amide bonds. The summed E-state index contributed by atoms with van der Waals surface area (Å²) < 4.78 is 13.1. The van der Waals surface area contributed by atoms with E-state index < -0.39 is 5.82 Å². The monoisotopic (exact) mass is 252 g/mol. The molecule has 94 valence electrons. The Balaban J connectivity index is 1.93. The zero-order valence-electron chi connectivity index (χ0n) is 10.3. The van der Waals surface area contributed by atoms with Crippen molar-refractivity contribution in [2.24, 2.45) is 0 Å². The first-order valence-electron chi connectivity index (χ1n) is 5.95. The molecule has 1 N–H and O–H groups in total. The van der Waals surface area contributed by atoms with Gasteiger partial charge in [0.2, 0.25) is 0 Å². The fourth-order valence-corrected chi connectivity index (χ4v) is 1.66. The number of benzene rings is 2. The number of nitriles is 1. The van der Waals surface area contributed by atoms with Crippen molar-refractivity contribution in [3.05, 3.63) is 71.6 Å². The first kappa shape index (κ1) is 12.8. The van der Waals surface area contributed by atoms with Crippen LogP contribution in [0.5, 0.6) is 0 Å². The highest BCUT2D eigenvalue weighted by Gasteiger charge is 2.01. The lowest BCUT2D eigenvalue weighted by Gasteiger charge is -2.03. The zero-order valence-corrected chi connectivity index (χ0v) is 10.3. The third-order valence-corrected chi connectivity index (χ3v) is 2.62. The van der Waals surface area contributed by atoms with Crippen molar-refractivity contribution in [2.75, 3.05) is 11.9 Å². The van der Waals surface area contributed by atoms with Gasteiger partial charge in [-0.05, 0) is 23.8 Å². The average molecular weight is 252 g/mol. The predicted octanol–water partition coefficient (Wildman–Crippen LogP) is 3.82. The summed E-state index contributed by atoms with van der Waals surface area (Å²) >= 11 is 0. The van der Waals surface area contributed by atoms with E-state index in [1.807, 2.05) is 48.6 Å². The molecule has 2 rings (SSSR count). The molecule has 0 saturated carbocycles. The molecular weight excluding hydrogens is 239 g/mol. The molecule has 0 aromatic heterocycles. The molecule has 0 unspecified atom stereocenters. The maximum absolute atomic E-state index is 13.1. The Labute approximate surface area is 111 Å². The van der Waals surface area contributed by atoms with E-state index in [9.17, 15) is 4.39 Å². The van der Waals surface area contributed by atoms with Crippen LogP contribution in [-0.2, 0) is 0 Å². The maximum Gasteiger partial charge on any atom is 0.141 e. The molecule has 0 heterocycles. The Morgan fingerprint density at radius 2 is 1.95 bits per heavy atom. The van der Waals surface area contributed by atoms with E-state index >= 15 is 0 Å². The summed E-state index contributed by atoms with van der Waals surface area (Å²) in [5, 5.41) is 11.8. The van der Waals surface area contributed by atoms with Crippen LogP contribution in [0.2, 0.25) is 0 Å². The van der Waals surface area contributed by atoms with Crippen molar-refractivity contribution in [3.8, 4) is 6.07 Å². The van der Waals surface area contributed by atoms with Gasteiger partial charge in [0.25, 0.3) is 0 Å². The van der Waals surface area contributed by atoms with Gasteiger partial charge in [0.15, 0.2) is 0 Å². The van der Waals surface area contributed by atoms with E-state index in [-0.39, 0.29) is 5.56 Å². The topological polar surface area (TPSA) is 35.8 Å². The third kappa shape index (κ3) is 3.68. The smallest absolute Gasteiger partial charge is 0.141 e. The number of nitrogens with zero attached hydrogens (tertiary/aromatic N) is 1. The molecule has 0 fully saturated rings. The highest BCUT2D eigenvalue weighted by molar-refractivity contribution is 5.52. The van der Waals surface area contributed by atoms with Gasteiger partial charge in [0, 0.05) is 12.2 Å². The highest BCUT2D eigenvalue weighted by Crippen LogP contribution is 2.13. The molecule has 0 spiro atoms. The summed E-state index contributed by atoms with van der Waals surface area (Å²) in [5.74, 6) is -0.493. The Hall–Kier alpha value is -2.60. The molecule has 2 aromatic rings. The van der Waals surface area contributed by atoms with Gasteiger partial charge in [0.1, 0.15) is 11.9 Å². The molecule has 0 bridgehead atoms. The molecular formula is C16H13FN2. The molecule has 2 nitrogen and oxygen atoms in total. The van der Waals surface area contributed by atoms with Gasteiger partial charge in [-0.1, -0.05) is 42.5 Å². The first-order chi connectivity index (χ1) is 9.29. The summed E-state index contributed by atoms with van der Waals surface area (Å²) in [7, 11) is 0. The molecule has 3 heteroatoms. The normalized spacial score (nSPS) is 10.3. The van der Waals surface area contributed by atoms with Crippen LogP contribution < -0.4 is 5.32 Å². The molecule has 0 aliphatic rings. The second-order valence-electron chi connectivity index (χ2n) is 4.00. The lowest BCUT2D eigenvalue weighted by molar-refractivity contribution is 0.624. The number of nitrogens with one attached hydrogen (secondary N) is 1. The Morgan fingerprint density at radius 3 is 2.68 bits per heavy atom. The minimum Gasteiger partial charge on any atom is -0.382 e. The number of hydrogen-bond acceptors (Lipinski definition) is 2. The van der Waals surface area contributed by atoms with E-state index in [0.29, 0.717) is 6.54 Å². The number of rotatable bonds is 4. The minimum atomic E-state index is -0.493. The highest BCUT2D eigenvalue weighted by atomic mass is 19.1. The summed E-state index contributed by atoms with van der Waals surface area (Å²) in [6.07, 6.45) is 3.98. The maximum atomic E-state index is 13.1. The Kier molecular flexibility index (Phi) is 4.30. The van der Waals surface area contributed by atoms with E-state index in [1.54, 1.807) is 6.07 Å². The van der Waals surface area contributed by atoms with Crippen LogP contribution in [0.15, 0.2) is 54.6 Å². The van der Waals surface area contributed by atoms with E-state index in [0.717, 1.165) is 11.3 Å². The van der Waals surface area contributed by atoms with Crippen molar-refractivity contribution in [3.63, 3.8) is 0 Å². The summed E-state index contributed by atoms with van der Waals surface area (Å²) in [6.45, 7) is 0.616. The van der Waals surface area contributed by atoms with Crippen molar-refractivity contribution < 1.29 is 4.39 Å². The lowest BCUT2D eigenvalue weighted by Crippen LogP contribution is -1.99. The Bertz CT molecular complexity index is 612. The SMILES string of the molecule is N#Cc1cc(NC/C=C/c2ccccc2)ccc1F. The van der Waals surface area contributed by atoms with Gasteiger partial charge >= 0.3 is 0 Å². The van der Waals surface area contributed by atoms with Crippen LogP contribution in [0, 0.1) is 17.1 Å². The van der Waals surface area contributed by atoms with Gasteiger partial charge in [-0.25, -0.2) is 4.39 Å². The van der Waals surface area contributed by atoms with Crippen molar-refractivity contribution in [1.82, 2.24) is 0 Å². The number of halogens is 1. The quantitative estimate of drug-likeness (QED) is 0.897. The van der Waals surface area contributed by atoms with Crippen LogP contribution in [0.25, 0.3) is 6.08 Å². The molecule has 0 atom stereocenters. The molecule has 2 aromatic carbocycles. The number of hydrogen-bond donors (Lipinski definition) is 1. The first-order valence-corrected chi connectivity index (χ1v) is 5.95. The largest absolute Gasteiger partial charge is 0.382 e. The molecule has 0 aliphatic carbocycles. The lowest BCUT2D eigenvalue weighted by atomic mass is 10.2.